The van der Waals surface area contributed by atoms with Crippen LogP contribution in [0.4, 0.5) is 0 Å². The maximum atomic E-state index is 11.4. The Morgan fingerprint density at radius 1 is 1.33 bits per heavy atom. The van der Waals surface area contributed by atoms with E-state index < -0.39 is 12.0 Å². The van der Waals surface area contributed by atoms with Gasteiger partial charge in [-0.1, -0.05) is 6.92 Å². The number of carbonyl (C=O) groups is 2. The molecule has 0 aliphatic heterocycles. The summed E-state index contributed by atoms with van der Waals surface area (Å²) in [5, 5.41) is 5.68. The number of rotatable bonds is 6. The molecule has 15 heavy (non-hydrogen) atoms. The lowest BCUT2D eigenvalue weighted by molar-refractivity contribution is -0.144. The minimum absolute atomic E-state index is 0.111. The van der Waals surface area contributed by atoms with E-state index in [0.717, 1.165) is 6.54 Å². The molecule has 0 aromatic heterocycles. The lowest BCUT2D eigenvalue weighted by Crippen LogP contribution is -2.41. The smallest absolute Gasteiger partial charge is 0.328 e. The second-order valence-corrected chi connectivity index (χ2v) is 3.48. The Bertz CT molecular complexity index is 219. The van der Waals surface area contributed by atoms with Crippen LogP contribution in [-0.2, 0) is 14.3 Å². The summed E-state index contributed by atoms with van der Waals surface area (Å²) in [6.07, 6.45) is 0.356. The molecule has 0 heterocycles. The van der Waals surface area contributed by atoms with Crippen LogP contribution in [0.25, 0.3) is 0 Å². The van der Waals surface area contributed by atoms with Gasteiger partial charge in [0.25, 0.3) is 0 Å². The van der Waals surface area contributed by atoms with Gasteiger partial charge in [-0.15, -0.1) is 0 Å². The third kappa shape index (κ3) is 6.06. The van der Waals surface area contributed by atoms with Gasteiger partial charge in [0.05, 0.1) is 7.11 Å². The van der Waals surface area contributed by atoms with E-state index in [4.69, 9.17) is 0 Å². The Morgan fingerprint density at radius 3 is 2.40 bits per heavy atom. The van der Waals surface area contributed by atoms with Gasteiger partial charge in [-0.2, -0.15) is 0 Å². The fourth-order valence-electron chi connectivity index (χ4n) is 1.23. The van der Waals surface area contributed by atoms with Gasteiger partial charge in [0.15, 0.2) is 0 Å². The van der Waals surface area contributed by atoms with E-state index in [1.807, 2.05) is 13.8 Å². The zero-order valence-electron chi connectivity index (χ0n) is 9.79. The molecule has 0 radical (unpaired) electrons. The van der Waals surface area contributed by atoms with E-state index in [1.54, 1.807) is 6.92 Å². The van der Waals surface area contributed by atoms with Crippen molar-refractivity contribution >= 4 is 11.9 Å². The van der Waals surface area contributed by atoms with Gasteiger partial charge >= 0.3 is 5.97 Å². The normalized spacial score (nSPS) is 14.1. The second kappa shape index (κ2) is 7.23. The highest BCUT2D eigenvalue weighted by Crippen LogP contribution is 1.93. The first-order valence-electron chi connectivity index (χ1n) is 5.11. The average molecular weight is 216 g/mol. The van der Waals surface area contributed by atoms with Crippen LogP contribution in [0.1, 0.15) is 27.2 Å². The summed E-state index contributed by atoms with van der Waals surface area (Å²) < 4.78 is 4.50. The number of hydrogen-bond donors (Lipinski definition) is 2. The predicted octanol–water partition coefficient (Wildman–Crippen LogP) is 0.0522. The van der Waals surface area contributed by atoms with Crippen molar-refractivity contribution in [2.75, 3.05) is 13.7 Å². The molecule has 0 spiro atoms. The molecule has 0 fully saturated rings. The van der Waals surface area contributed by atoms with Crippen molar-refractivity contribution in [3.05, 3.63) is 0 Å². The van der Waals surface area contributed by atoms with Crippen LogP contribution in [0.5, 0.6) is 0 Å². The molecule has 0 rings (SSSR count). The van der Waals surface area contributed by atoms with Crippen molar-refractivity contribution in [1.29, 1.82) is 0 Å². The van der Waals surface area contributed by atoms with Gasteiger partial charge in [0.1, 0.15) is 6.04 Å². The molecule has 0 saturated carbocycles. The minimum atomic E-state index is -0.587. The van der Waals surface area contributed by atoms with Crippen LogP contribution in [0.3, 0.4) is 0 Å². The largest absolute Gasteiger partial charge is 0.467 e. The lowest BCUT2D eigenvalue weighted by atomic mass is 10.2. The van der Waals surface area contributed by atoms with Crippen molar-refractivity contribution in [1.82, 2.24) is 10.6 Å². The summed E-state index contributed by atoms with van der Waals surface area (Å²) in [7, 11) is 1.30. The van der Waals surface area contributed by atoms with Crippen molar-refractivity contribution < 1.29 is 14.3 Å². The summed E-state index contributed by atoms with van der Waals surface area (Å²) in [5.41, 5.74) is 0. The first-order chi connectivity index (χ1) is 7.01. The molecule has 0 bridgehead atoms. The topological polar surface area (TPSA) is 67.4 Å². The first kappa shape index (κ1) is 13.9. The zero-order valence-corrected chi connectivity index (χ0v) is 9.79. The van der Waals surface area contributed by atoms with Gasteiger partial charge < -0.3 is 15.4 Å². The van der Waals surface area contributed by atoms with E-state index in [-0.39, 0.29) is 11.9 Å². The lowest BCUT2D eigenvalue weighted by Gasteiger charge is -2.15. The average Bonchev–Trinajstić information content (AvgIpc) is 2.16. The Kier molecular flexibility index (Phi) is 6.70. The van der Waals surface area contributed by atoms with E-state index in [0.29, 0.717) is 6.42 Å². The van der Waals surface area contributed by atoms with Crippen molar-refractivity contribution in [2.45, 2.75) is 39.3 Å². The van der Waals surface area contributed by atoms with Crippen LogP contribution in [0, 0.1) is 0 Å². The summed E-state index contributed by atoms with van der Waals surface area (Å²) in [5.74, 6) is -0.583. The SMILES string of the molecule is CCNC(C)CC(=O)N[C@@H](C)C(=O)OC. The third-order valence-corrected chi connectivity index (χ3v) is 1.98. The molecule has 0 aromatic rings. The summed E-state index contributed by atoms with van der Waals surface area (Å²) in [6.45, 7) is 6.32. The van der Waals surface area contributed by atoms with Gasteiger partial charge in [-0.3, -0.25) is 4.79 Å². The van der Waals surface area contributed by atoms with E-state index in [2.05, 4.69) is 15.4 Å². The molecule has 2 N–H and O–H groups in total. The number of ether oxygens (including phenoxy) is 1. The number of carbonyl (C=O) groups excluding carboxylic acids is 2. The quantitative estimate of drug-likeness (QED) is 0.616. The molecule has 5 heteroatoms. The monoisotopic (exact) mass is 216 g/mol. The van der Waals surface area contributed by atoms with Crippen LogP contribution in [0.15, 0.2) is 0 Å². The Balaban J connectivity index is 3.87. The summed E-state index contributed by atoms with van der Waals surface area (Å²) in [4.78, 5) is 22.4. The van der Waals surface area contributed by atoms with Crippen molar-refractivity contribution in [2.24, 2.45) is 0 Å². The highest BCUT2D eigenvalue weighted by atomic mass is 16.5. The number of hydrogen-bond acceptors (Lipinski definition) is 4. The van der Waals surface area contributed by atoms with E-state index in [9.17, 15) is 9.59 Å². The van der Waals surface area contributed by atoms with Crippen LogP contribution in [-0.4, -0.2) is 37.6 Å². The fourth-order valence-corrected chi connectivity index (χ4v) is 1.23. The zero-order chi connectivity index (χ0) is 11.8. The third-order valence-electron chi connectivity index (χ3n) is 1.98. The molecule has 0 saturated heterocycles. The van der Waals surface area contributed by atoms with Gasteiger partial charge in [-0.25, -0.2) is 4.79 Å². The number of amides is 1. The molecular formula is C10H20N2O3. The number of esters is 1. The molecule has 5 nitrogen and oxygen atoms in total. The minimum Gasteiger partial charge on any atom is -0.467 e. The second-order valence-electron chi connectivity index (χ2n) is 3.48. The molecule has 0 aromatic carbocycles. The maximum absolute atomic E-state index is 11.4. The Labute approximate surface area is 90.6 Å². The van der Waals surface area contributed by atoms with Crippen LogP contribution < -0.4 is 10.6 Å². The van der Waals surface area contributed by atoms with E-state index >= 15 is 0 Å². The summed E-state index contributed by atoms with van der Waals surface area (Å²) >= 11 is 0. The first-order valence-corrected chi connectivity index (χ1v) is 5.11. The number of methoxy groups -OCH3 is 1. The van der Waals surface area contributed by atoms with Crippen LogP contribution in [0.2, 0.25) is 0 Å². The van der Waals surface area contributed by atoms with Gasteiger partial charge in [0.2, 0.25) is 5.91 Å². The van der Waals surface area contributed by atoms with Gasteiger partial charge in [0, 0.05) is 12.5 Å². The molecule has 1 unspecified atom stereocenters. The molecule has 0 aliphatic carbocycles. The molecule has 2 atom stereocenters. The molecule has 0 aliphatic rings. The van der Waals surface area contributed by atoms with E-state index in [1.165, 1.54) is 7.11 Å². The Hall–Kier alpha value is -1.10. The summed E-state index contributed by atoms with van der Waals surface area (Å²) in [6, 6.07) is -0.476. The molecular weight excluding hydrogens is 196 g/mol. The Morgan fingerprint density at radius 2 is 1.93 bits per heavy atom. The highest BCUT2D eigenvalue weighted by molar-refractivity contribution is 5.84. The number of nitrogens with one attached hydrogen (secondary N) is 2. The highest BCUT2D eigenvalue weighted by Gasteiger charge is 2.16. The predicted molar refractivity (Wildman–Crippen MR) is 57.4 cm³/mol. The van der Waals surface area contributed by atoms with Crippen molar-refractivity contribution in [3.63, 3.8) is 0 Å². The molecule has 1 amide bonds. The maximum Gasteiger partial charge on any atom is 0.328 e. The van der Waals surface area contributed by atoms with Gasteiger partial charge in [-0.05, 0) is 20.4 Å². The van der Waals surface area contributed by atoms with Crippen LogP contribution >= 0.6 is 0 Å². The molecule has 88 valence electrons. The standard InChI is InChI=1S/C10H20N2O3/c1-5-11-7(2)6-9(13)12-8(3)10(14)15-4/h7-8,11H,5-6H2,1-4H3,(H,12,13)/t7?,8-/m0/s1. The fraction of sp³-hybridized carbons (Fsp3) is 0.800. The van der Waals surface area contributed by atoms with Crippen molar-refractivity contribution in [3.8, 4) is 0 Å².